The van der Waals surface area contributed by atoms with E-state index in [4.69, 9.17) is 4.74 Å². The van der Waals surface area contributed by atoms with Crippen LogP contribution in [0.5, 0.6) is 0 Å². The van der Waals surface area contributed by atoms with Gasteiger partial charge in [0.1, 0.15) is 5.60 Å². The molecule has 1 heterocycles. The zero-order chi connectivity index (χ0) is 11.5. The van der Waals surface area contributed by atoms with Gasteiger partial charge in [-0.2, -0.15) is 5.10 Å². The van der Waals surface area contributed by atoms with Crippen LogP contribution in [0.3, 0.4) is 0 Å². The normalized spacial score (nSPS) is 10.9. The number of hydrogen-bond donors (Lipinski definition) is 0. The van der Waals surface area contributed by atoms with E-state index in [-0.39, 0.29) is 0 Å². The molecule has 5 nitrogen and oxygen atoms in total. The molecule has 15 heavy (non-hydrogen) atoms. The second kappa shape index (κ2) is 4.25. The first-order chi connectivity index (χ1) is 6.90. The Labute approximate surface area is 89.1 Å². The maximum atomic E-state index is 11.6. The molecular formula is C10H15N3O2. The minimum Gasteiger partial charge on any atom is -0.443 e. The van der Waals surface area contributed by atoms with Crippen LogP contribution in [-0.4, -0.2) is 28.9 Å². The Bertz CT molecular complexity index is 332. The van der Waals surface area contributed by atoms with Crippen molar-refractivity contribution in [3.63, 3.8) is 0 Å². The number of hydrogen-bond acceptors (Lipinski definition) is 4. The number of amides is 1. The van der Waals surface area contributed by atoms with E-state index >= 15 is 0 Å². The average Bonchev–Trinajstić information content (AvgIpc) is 2.15. The van der Waals surface area contributed by atoms with E-state index in [1.54, 1.807) is 25.4 Å². The quantitative estimate of drug-likeness (QED) is 0.708. The van der Waals surface area contributed by atoms with Gasteiger partial charge in [-0.15, -0.1) is 5.10 Å². The molecule has 0 aliphatic rings. The summed E-state index contributed by atoms with van der Waals surface area (Å²) in [7, 11) is 1.60. The Kier molecular flexibility index (Phi) is 3.24. The van der Waals surface area contributed by atoms with Gasteiger partial charge in [0, 0.05) is 13.2 Å². The molecule has 0 aromatic carbocycles. The zero-order valence-electron chi connectivity index (χ0n) is 9.39. The van der Waals surface area contributed by atoms with Gasteiger partial charge in [-0.25, -0.2) is 4.79 Å². The molecule has 5 heteroatoms. The van der Waals surface area contributed by atoms with Crippen molar-refractivity contribution in [2.45, 2.75) is 26.4 Å². The van der Waals surface area contributed by atoms with E-state index in [1.165, 1.54) is 4.90 Å². The molecule has 0 N–H and O–H groups in total. The molecule has 1 amide bonds. The Hall–Kier alpha value is -1.65. The summed E-state index contributed by atoms with van der Waals surface area (Å²) in [5.41, 5.74) is -0.506. The fourth-order valence-electron chi connectivity index (χ4n) is 0.896. The van der Waals surface area contributed by atoms with Crippen molar-refractivity contribution in [2.24, 2.45) is 0 Å². The molecule has 0 bridgehead atoms. The molecule has 0 unspecified atom stereocenters. The highest BCUT2D eigenvalue weighted by molar-refractivity contribution is 5.85. The highest BCUT2D eigenvalue weighted by Gasteiger charge is 2.21. The lowest BCUT2D eigenvalue weighted by atomic mass is 10.2. The van der Waals surface area contributed by atoms with Crippen molar-refractivity contribution in [1.29, 1.82) is 0 Å². The third-order valence-corrected chi connectivity index (χ3v) is 1.57. The number of rotatable bonds is 1. The smallest absolute Gasteiger partial charge is 0.415 e. The topological polar surface area (TPSA) is 55.3 Å². The van der Waals surface area contributed by atoms with Gasteiger partial charge in [0.05, 0.1) is 0 Å². The number of nitrogens with zero attached hydrogens (tertiary/aromatic N) is 3. The lowest BCUT2D eigenvalue weighted by molar-refractivity contribution is 0.0588. The first kappa shape index (κ1) is 11.4. The maximum Gasteiger partial charge on any atom is 0.415 e. The second-order valence-corrected chi connectivity index (χ2v) is 4.12. The molecule has 1 rings (SSSR count). The van der Waals surface area contributed by atoms with Crippen LogP contribution in [0.25, 0.3) is 0 Å². The summed E-state index contributed by atoms with van der Waals surface area (Å²) < 4.78 is 5.17. The molecule has 0 aliphatic heterocycles. The Morgan fingerprint density at radius 1 is 1.47 bits per heavy atom. The lowest BCUT2D eigenvalue weighted by Crippen LogP contribution is -2.34. The van der Waals surface area contributed by atoms with E-state index in [1.807, 2.05) is 20.8 Å². The fourth-order valence-corrected chi connectivity index (χ4v) is 0.896. The summed E-state index contributed by atoms with van der Waals surface area (Å²) >= 11 is 0. The van der Waals surface area contributed by atoms with Gasteiger partial charge in [0.25, 0.3) is 0 Å². The first-order valence-electron chi connectivity index (χ1n) is 4.64. The third kappa shape index (κ3) is 3.53. The number of ether oxygens (including phenoxy) is 1. The molecule has 0 saturated heterocycles. The third-order valence-electron chi connectivity index (χ3n) is 1.57. The fraction of sp³-hybridized carbons (Fsp3) is 0.500. The van der Waals surface area contributed by atoms with Crippen molar-refractivity contribution >= 4 is 11.9 Å². The SMILES string of the molecule is CN(C(=O)OC(C)(C)C)c1cccnn1. The van der Waals surface area contributed by atoms with Gasteiger partial charge in [0.2, 0.25) is 0 Å². The predicted molar refractivity (Wildman–Crippen MR) is 56.7 cm³/mol. The highest BCUT2D eigenvalue weighted by atomic mass is 16.6. The molecule has 0 spiro atoms. The number of aromatic nitrogens is 2. The van der Waals surface area contributed by atoms with Crippen LogP contribution in [-0.2, 0) is 4.74 Å². The van der Waals surface area contributed by atoms with Crippen LogP contribution in [0.1, 0.15) is 20.8 Å². The summed E-state index contributed by atoms with van der Waals surface area (Å²) in [4.78, 5) is 12.9. The Morgan fingerprint density at radius 3 is 2.60 bits per heavy atom. The van der Waals surface area contributed by atoms with E-state index in [0.717, 1.165) is 0 Å². The van der Waals surface area contributed by atoms with Crippen LogP contribution in [0.4, 0.5) is 10.6 Å². The standard InChI is InChI=1S/C10H15N3O2/c1-10(2,3)15-9(14)13(4)8-6-5-7-11-12-8/h5-7H,1-4H3. The molecule has 1 aromatic heterocycles. The van der Waals surface area contributed by atoms with Crippen LogP contribution < -0.4 is 4.90 Å². The number of carbonyl (C=O) groups is 1. The summed E-state index contributed by atoms with van der Waals surface area (Å²) in [6.45, 7) is 5.44. The largest absolute Gasteiger partial charge is 0.443 e. The van der Waals surface area contributed by atoms with Crippen molar-refractivity contribution in [2.75, 3.05) is 11.9 Å². The molecule has 0 saturated carbocycles. The molecule has 0 fully saturated rings. The summed E-state index contributed by atoms with van der Waals surface area (Å²) in [5.74, 6) is 0.465. The molecular weight excluding hydrogens is 194 g/mol. The van der Waals surface area contributed by atoms with Gasteiger partial charge >= 0.3 is 6.09 Å². The predicted octanol–water partition coefficient (Wildman–Crippen LogP) is 1.85. The monoisotopic (exact) mass is 209 g/mol. The van der Waals surface area contributed by atoms with Crippen molar-refractivity contribution in [3.05, 3.63) is 18.3 Å². The summed E-state index contributed by atoms with van der Waals surface area (Å²) in [6, 6.07) is 3.40. The first-order valence-corrected chi connectivity index (χ1v) is 4.64. The maximum absolute atomic E-state index is 11.6. The van der Waals surface area contributed by atoms with Gasteiger partial charge < -0.3 is 4.74 Å². The van der Waals surface area contributed by atoms with Crippen molar-refractivity contribution in [1.82, 2.24) is 10.2 Å². The van der Waals surface area contributed by atoms with E-state index in [2.05, 4.69) is 10.2 Å². The Balaban J connectivity index is 2.70. The molecule has 82 valence electrons. The number of anilines is 1. The minimum atomic E-state index is -0.506. The van der Waals surface area contributed by atoms with E-state index < -0.39 is 11.7 Å². The van der Waals surface area contributed by atoms with Crippen molar-refractivity contribution < 1.29 is 9.53 Å². The highest BCUT2D eigenvalue weighted by Crippen LogP contribution is 2.12. The van der Waals surface area contributed by atoms with Gasteiger partial charge in [-0.1, -0.05) is 0 Å². The van der Waals surface area contributed by atoms with Gasteiger partial charge in [0.15, 0.2) is 5.82 Å². The van der Waals surface area contributed by atoms with Crippen LogP contribution in [0.2, 0.25) is 0 Å². The molecule has 0 aliphatic carbocycles. The molecule has 0 atom stereocenters. The second-order valence-electron chi connectivity index (χ2n) is 4.12. The van der Waals surface area contributed by atoms with Gasteiger partial charge in [-0.3, -0.25) is 4.90 Å². The molecule has 0 radical (unpaired) electrons. The van der Waals surface area contributed by atoms with Crippen LogP contribution in [0, 0.1) is 0 Å². The van der Waals surface area contributed by atoms with E-state index in [9.17, 15) is 4.79 Å². The summed E-state index contributed by atoms with van der Waals surface area (Å²) in [6.07, 6.45) is 1.11. The van der Waals surface area contributed by atoms with Crippen LogP contribution >= 0.6 is 0 Å². The van der Waals surface area contributed by atoms with Gasteiger partial charge in [-0.05, 0) is 32.9 Å². The molecule has 1 aromatic rings. The lowest BCUT2D eigenvalue weighted by Gasteiger charge is -2.23. The minimum absolute atomic E-state index is 0.442. The van der Waals surface area contributed by atoms with Crippen LogP contribution in [0.15, 0.2) is 18.3 Å². The number of carbonyl (C=O) groups excluding carboxylic acids is 1. The van der Waals surface area contributed by atoms with E-state index in [0.29, 0.717) is 5.82 Å². The summed E-state index contributed by atoms with van der Waals surface area (Å²) in [5, 5.41) is 7.49. The Morgan fingerprint density at radius 2 is 2.13 bits per heavy atom. The average molecular weight is 209 g/mol. The van der Waals surface area contributed by atoms with Crippen molar-refractivity contribution in [3.8, 4) is 0 Å². The zero-order valence-corrected chi connectivity index (χ0v) is 9.39.